The number of carbonyl (C=O) groups excluding carboxylic acids is 1. The number of carbonyl (C=O) groups is 1. The second-order valence-electron chi connectivity index (χ2n) is 7.03. The number of fused-ring (bicyclic) bond motifs is 1. The van der Waals surface area contributed by atoms with E-state index in [9.17, 15) is 4.79 Å². The fourth-order valence-electron chi connectivity index (χ4n) is 2.66. The maximum atomic E-state index is 12.3. The van der Waals surface area contributed by atoms with Gasteiger partial charge in [0.05, 0.1) is 0 Å². The Kier molecular flexibility index (Phi) is 3.89. The Morgan fingerprint density at radius 2 is 2.10 bits per heavy atom. The van der Waals surface area contributed by atoms with Gasteiger partial charge in [0.15, 0.2) is 0 Å². The number of thiophene rings is 1. The van der Waals surface area contributed by atoms with Gasteiger partial charge in [-0.15, -0.1) is 11.3 Å². The van der Waals surface area contributed by atoms with Gasteiger partial charge in [0.25, 0.3) is 0 Å². The minimum absolute atomic E-state index is 0.152. The van der Waals surface area contributed by atoms with Crippen LogP contribution < -0.4 is 0 Å². The van der Waals surface area contributed by atoms with Crippen molar-refractivity contribution in [2.45, 2.75) is 65.0 Å². The van der Waals surface area contributed by atoms with Gasteiger partial charge in [0, 0.05) is 17.5 Å². The maximum absolute atomic E-state index is 12.3. The molecule has 3 nitrogen and oxygen atoms in total. The van der Waals surface area contributed by atoms with E-state index in [1.54, 1.807) is 4.90 Å². The van der Waals surface area contributed by atoms with Crippen molar-refractivity contribution < 1.29 is 9.53 Å². The lowest BCUT2D eigenvalue weighted by molar-refractivity contribution is 0.00559. The monoisotopic (exact) mass is 295 g/mol. The summed E-state index contributed by atoms with van der Waals surface area (Å²) >= 11 is 1.85. The normalized spacial score (nSPS) is 22.3. The van der Waals surface area contributed by atoms with E-state index in [1.165, 1.54) is 16.0 Å². The topological polar surface area (TPSA) is 29.5 Å². The standard InChI is InChI=1S/C16H25NO2S/c1-11-10-20-13-7-8-16(5,9-12(11)13)17(6)14(18)19-15(2,3)4/h10H,7-9H2,1-6H3. The Labute approximate surface area is 125 Å². The predicted octanol–water partition coefficient (Wildman–Crippen LogP) is 4.17. The molecule has 112 valence electrons. The third kappa shape index (κ3) is 3.00. The summed E-state index contributed by atoms with van der Waals surface area (Å²) in [5, 5.41) is 2.23. The molecule has 0 fully saturated rings. The third-order valence-electron chi connectivity index (χ3n) is 4.12. The summed E-state index contributed by atoms with van der Waals surface area (Å²) in [6.45, 7) is 10.0. The van der Waals surface area contributed by atoms with Crippen LogP contribution in [0.5, 0.6) is 0 Å². The Morgan fingerprint density at radius 3 is 2.70 bits per heavy atom. The first-order chi connectivity index (χ1) is 9.12. The number of ether oxygens (including phenoxy) is 1. The second kappa shape index (κ2) is 5.06. The molecule has 0 N–H and O–H groups in total. The molecular formula is C16H25NO2S. The summed E-state index contributed by atoms with van der Waals surface area (Å²) in [6.07, 6.45) is 2.75. The van der Waals surface area contributed by atoms with Crippen LogP contribution in [-0.2, 0) is 17.6 Å². The average molecular weight is 295 g/mol. The third-order valence-corrected chi connectivity index (χ3v) is 5.32. The van der Waals surface area contributed by atoms with Crippen molar-refractivity contribution in [2.24, 2.45) is 0 Å². The van der Waals surface area contributed by atoms with Crippen LogP contribution in [0.4, 0.5) is 4.79 Å². The highest BCUT2D eigenvalue weighted by atomic mass is 32.1. The second-order valence-corrected chi connectivity index (χ2v) is 8.00. The zero-order valence-electron chi connectivity index (χ0n) is 13.4. The van der Waals surface area contributed by atoms with Crippen molar-refractivity contribution in [1.82, 2.24) is 4.90 Å². The SMILES string of the molecule is Cc1csc2c1CC(C)(N(C)C(=O)OC(C)(C)C)CC2. The zero-order chi connectivity index (χ0) is 15.1. The van der Waals surface area contributed by atoms with Crippen LogP contribution >= 0.6 is 11.3 Å². The Morgan fingerprint density at radius 1 is 1.45 bits per heavy atom. The van der Waals surface area contributed by atoms with Crippen molar-refractivity contribution >= 4 is 17.4 Å². The Bertz CT molecular complexity index is 515. The molecule has 0 spiro atoms. The van der Waals surface area contributed by atoms with Crippen LogP contribution in [0.3, 0.4) is 0 Å². The Hall–Kier alpha value is -1.03. The Balaban J connectivity index is 2.16. The summed E-state index contributed by atoms with van der Waals surface area (Å²) in [5.41, 5.74) is 2.19. The van der Waals surface area contributed by atoms with E-state index in [0.29, 0.717) is 0 Å². The molecule has 2 rings (SSSR count). The molecule has 0 saturated carbocycles. The molecule has 0 aliphatic heterocycles. The van der Waals surface area contributed by atoms with Gasteiger partial charge >= 0.3 is 6.09 Å². The number of rotatable bonds is 1. The highest BCUT2D eigenvalue weighted by Crippen LogP contribution is 2.37. The minimum Gasteiger partial charge on any atom is -0.444 e. The van der Waals surface area contributed by atoms with E-state index in [2.05, 4.69) is 19.2 Å². The van der Waals surface area contributed by atoms with Gasteiger partial charge in [0.2, 0.25) is 0 Å². The number of hydrogen-bond donors (Lipinski definition) is 0. The van der Waals surface area contributed by atoms with Crippen molar-refractivity contribution in [1.29, 1.82) is 0 Å². The molecule has 4 heteroatoms. The lowest BCUT2D eigenvalue weighted by Gasteiger charge is -2.42. The van der Waals surface area contributed by atoms with Crippen LogP contribution in [0.25, 0.3) is 0 Å². The van der Waals surface area contributed by atoms with Crippen LogP contribution in [0.1, 0.15) is 50.1 Å². The summed E-state index contributed by atoms with van der Waals surface area (Å²) in [5.74, 6) is 0. The first kappa shape index (κ1) is 15.4. The van der Waals surface area contributed by atoms with Crippen molar-refractivity contribution in [3.63, 3.8) is 0 Å². The molecule has 1 aliphatic carbocycles. The van der Waals surface area contributed by atoms with E-state index in [0.717, 1.165) is 19.3 Å². The van der Waals surface area contributed by atoms with Gasteiger partial charge in [-0.1, -0.05) is 0 Å². The van der Waals surface area contributed by atoms with Crippen LogP contribution in [0.2, 0.25) is 0 Å². The van der Waals surface area contributed by atoms with Crippen molar-refractivity contribution in [2.75, 3.05) is 7.05 Å². The highest BCUT2D eigenvalue weighted by molar-refractivity contribution is 7.10. The first-order valence-corrected chi connectivity index (χ1v) is 8.03. The van der Waals surface area contributed by atoms with Crippen LogP contribution in [-0.4, -0.2) is 29.2 Å². The molecule has 0 radical (unpaired) electrons. The van der Waals surface area contributed by atoms with Gasteiger partial charge in [-0.2, -0.15) is 0 Å². The molecule has 1 heterocycles. The van der Waals surface area contributed by atoms with Crippen molar-refractivity contribution in [3.05, 3.63) is 21.4 Å². The number of amides is 1. The zero-order valence-corrected chi connectivity index (χ0v) is 14.2. The largest absolute Gasteiger partial charge is 0.444 e. The molecule has 1 aliphatic rings. The molecule has 1 atom stereocenters. The maximum Gasteiger partial charge on any atom is 0.410 e. The smallest absolute Gasteiger partial charge is 0.410 e. The molecule has 1 unspecified atom stereocenters. The van der Waals surface area contributed by atoms with E-state index in [1.807, 2.05) is 39.2 Å². The quantitative estimate of drug-likeness (QED) is 0.778. The number of nitrogens with zero attached hydrogens (tertiary/aromatic N) is 1. The van der Waals surface area contributed by atoms with E-state index < -0.39 is 5.60 Å². The van der Waals surface area contributed by atoms with Gasteiger partial charge in [-0.05, 0) is 70.4 Å². The van der Waals surface area contributed by atoms with Crippen LogP contribution in [0.15, 0.2) is 5.38 Å². The molecule has 0 aromatic carbocycles. The predicted molar refractivity (Wildman–Crippen MR) is 83.5 cm³/mol. The molecule has 1 aromatic rings. The molecule has 0 saturated heterocycles. The number of hydrogen-bond acceptors (Lipinski definition) is 3. The van der Waals surface area contributed by atoms with E-state index in [4.69, 9.17) is 4.74 Å². The summed E-state index contributed by atoms with van der Waals surface area (Å²) in [6, 6.07) is 0. The average Bonchev–Trinajstić information content (AvgIpc) is 2.67. The fourth-order valence-corrected chi connectivity index (χ4v) is 3.72. The number of likely N-dealkylation sites (N-methyl/N-ethyl adjacent to an activating group) is 1. The fraction of sp³-hybridized carbons (Fsp3) is 0.688. The molecule has 1 aromatic heterocycles. The van der Waals surface area contributed by atoms with Crippen molar-refractivity contribution in [3.8, 4) is 0 Å². The summed E-state index contributed by atoms with van der Waals surface area (Å²) < 4.78 is 5.51. The van der Waals surface area contributed by atoms with Gasteiger partial charge < -0.3 is 9.64 Å². The molecule has 20 heavy (non-hydrogen) atoms. The minimum atomic E-state index is -0.445. The summed E-state index contributed by atoms with van der Waals surface area (Å²) in [7, 11) is 1.86. The molecule has 1 amide bonds. The summed E-state index contributed by atoms with van der Waals surface area (Å²) in [4.78, 5) is 15.6. The number of aryl methyl sites for hydroxylation is 2. The van der Waals surface area contributed by atoms with Crippen LogP contribution in [0, 0.1) is 6.92 Å². The van der Waals surface area contributed by atoms with Gasteiger partial charge in [0.1, 0.15) is 5.60 Å². The molecule has 0 bridgehead atoms. The first-order valence-electron chi connectivity index (χ1n) is 7.15. The van der Waals surface area contributed by atoms with Gasteiger partial charge in [-0.25, -0.2) is 4.79 Å². The molecular weight excluding hydrogens is 270 g/mol. The van der Waals surface area contributed by atoms with E-state index >= 15 is 0 Å². The lowest BCUT2D eigenvalue weighted by Crippen LogP contribution is -2.52. The van der Waals surface area contributed by atoms with Gasteiger partial charge in [-0.3, -0.25) is 0 Å². The highest BCUT2D eigenvalue weighted by Gasteiger charge is 2.38. The lowest BCUT2D eigenvalue weighted by atomic mass is 9.80. The van der Waals surface area contributed by atoms with E-state index in [-0.39, 0.29) is 11.6 Å².